The van der Waals surface area contributed by atoms with Gasteiger partial charge in [-0.1, -0.05) is 12.2 Å². The molecule has 0 heterocycles. The van der Waals surface area contributed by atoms with Gasteiger partial charge >= 0.3 is 12.4 Å². The molecule has 6 heteroatoms. The molecule has 0 aromatic heterocycles. The van der Waals surface area contributed by atoms with Gasteiger partial charge in [0.25, 0.3) is 0 Å². The van der Waals surface area contributed by atoms with E-state index in [-0.39, 0.29) is 11.6 Å². The lowest BCUT2D eigenvalue weighted by Gasteiger charge is -2.19. The third-order valence-corrected chi connectivity index (χ3v) is 1.80. The van der Waals surface area contributed by atoms with Crippen LogP contribution in [0.3, 0.4) is 0 Å². The van der Waals surface area contributed by atoms with E-state index >= 15 is 0 Å². The van der Waals surface area contributed by atoms with Crippen molar-refractivity contribution >= 4 is 0 Å². The number of rotatable bonds is 0. The van der Waals surface area contributed by atoms with Gasteiger partial charge in [0.2, 0.25) is 0 Å². The summed E-state index contributed by atoms with van der Waals surface area (Å²) in [4.78, 5) is 0. The molecule has 0 unspecified atom stereocenters. The molecule has 0 saturated heterocycles. The molecular formula is C9H6F6. The highest BCUT2D eigenvalue weighted by Gasteiger charge is 2.40. The summed E-state index contributed by atoms with van der Waals surface area (Å²) in [5.41, 5.74) is -2.73. The van der Waals surface area contributed by atoms with E-state index in [1.807, 2.05) is 0 Å². The van der Waals surface area contributed by atoms with E-state index in [2.05, 4.69) is 6.58 Å². The quantitative estimate of drug-likeness (QED) is 0.551. The Labute approximate surface area is 81.6 Å². The predicted molar refractivity (Wildman–Crippen MR) is 42.0 cm³/mol. The number of halogens is 6. The van der Waals surface area contributed by atoms with Crippen LogP contribution in [0.1, 0.15) is 6.42 Å². The van der Waals surface area contributed by atoms with E-state index < -0.39 is 29.9 Å². The van der Waals surface area contributed by atoms with Crippen molar-refractivity contribution in [1.82, 2.24) is 0 Å². The minimum absolute atomic E-state index is 0.120. The van der Waals surface area contributed by atoms with Crippen molar-refractivity contribution in [3.05, 3.63) is 35.5 Å². The molecule has 0 aromatic carbocycles. The van der Waals surface area contributed by atoms with Crippen LogP contribution in [-0.4, -0.2) is 12.4 Å². The SMILES string of the molecule is C=C1C=C(C(F)(F)F)C=C(C(F)(F)F)C1. The first kappa shape index (κ1) is 11.9. The smallest absolute Gasteiger partial charge is 0.166 e. The average Bonchev–Trinajstić information content (AvgIpc) is 1.99. The largest absolute Gasteiger partial charge is 0.416 e. The topological polar surface area (TPSA) is 0 Å². The van der Waals surface area contributed by atoms with Gasteiger partial charge in [-0.25, -0.2) is 0 Å². The predicted octanol–water partition coefficient (Wildman–Crippen LogP) is 3.92. The van der Waals surface area contributed by atoms with Gasteiger partial charge in [0.15, 0.2) is 0 Å². The zero-order valence-corrected chi connectivity index (χ0v) is 7.34. The minimum atomic E-state index is -4.78. The van der Waals surface area contributed by atoms with Crippen molar-refractivity contribution in [3.63, 3.8) is 0 Å². The Kier molecular flexibility index (Phi) is 2.71. The second-order valence-corrected chi connectivity index (χ2v) is 3.10. The van der Waals surface area contributed by atoms with Gasteiger partial charge in [-0.3, -0.25) is 0 Å². The fourth-order valence-electron chi connectivity index (χ4n) is 1.14. The molecule has 0 nitrogen and oxygen atoms in total. The first-order valence-electron chi connectivity index (χ1n) is 3.85. The molecule has 1 rings (SSSR count). The summed E-state index contributed by atoms with van der Waals surface area (Å²) in [6, 6.07) is 0. The summed E-state index contributed by atoms with van der Waals surface area (Å²) < 4.78 is 73.0. The normalized spacial score (nSPS) is 18.7. The van der Waals surface area contributed by atoms with E-state index in [4.69, 9.17) is 0 Å². The number of hydrogen-bond donors (Lipinski definition) is 0. The standard InChI is InChI=1S/C9H6F6/c1-5-2-6(8(10,11)12)4-7(3-5)9(13,14)15/h2,4H,1,3H2. The van der Waals surface area contributed by atoms with E-state index in [1.54, 1.807) is 0 Å². The Morgan fingerprint density at radius 1 is 0.933 bits per heavy atom. The lowest BCUT2D eigenvalue weighted by atomic mass is 9.95. The van der Waals surface area contributed by atoms with Crippen molar-refractivity contribution < 1.29 is 26.3 Å². The Morgan fingerprint density at radius 3 is 1.87 bits per heavy atom. The molecule has 0 aliphatic heterocycles. The second kappa shape index (κ2) is 3.43. The minimum Gasteiger partial charge on any atom is -0.166 e. The van der Waals surface area contributed by atoms with Gasteiger partial charge in [-0.05, 0) is 12.2 Å². The van der Waals surface area contributed by atoms with E-state index in [1.165, 1.54) is 0 Å². The first-order valence-corrected chi connectivity index (χ1v) is 3.85. The molecule has 0 N–H and O–H groups in total. The van der Waals surface area contributed by atoms with Crippen molar-refractivity contribution in [2.45, 2.75) is 18.8 Å². The summed E-state index contributed by atoms with van der Waals surface area (Å²) in [5, 5.41) is 0. The van der Waals surface area contributed by atoms with E-state index in [0.717, 1.165) is 0 Å². The molecule has 0 radical (unpaired) electrons. The fraction of sp³-hybridized carbons (Fsp3) is 0.333. The first-order chi connectivity index (χ1) is 6.60. The maximum absolute atomic E-state index is 12.2. The van der Waals surface area contributed by atoms with Gasteiger partial charge in [0.1, 0.15) is 0 Å². The molecule has 0 atom stereocenters. The van der Waals surface area contributed by atoms with Crippen LogP contribution in [0.4, 0.5) is 26.3 Å². The van der Waals surface area contributed by atoms with Crippen LogP contribution < -0.4 is 0 Å². The summed E-state index contributed by atoms with van der Waals surface area (Å²) in [7, 11) is 0. The summed E-state index contributed by atoms with van der Waals surface area (Å²) in [5.74, 6) is 0. The van der Waals surface area contributed by atoms with Crippen LogP contribution in [0.25, 0.3) is 0 Å². The van der Waals surface area contributed by atoms with Crippen molar-refractivity contribution in [2.75, 3.05) is 0 Å². The van der Waals surface area contributed by atoms with Crippen LogP contribution in [0.15, 0.2) is 35.5 Å². The third kappa shape index (κ3) is 2.87. The van der Waals surface area contributed by atoms with Gasteiger partial charge in [0.05, 0.1) is 5.57 Å². The lowest BCUT2D eigenvalue weighted by molar-refractivity contribution is -0.0975. The van der Waals surface area contributed by atoms with Gasteiger partial charge < -0.3 is 0 Å². The number of alkyl halides is 6. The monoisotopic (exact) mass is 228 g/mol. The summed E-state index contributed by atoms with van der Waals surface area (Å²) in [6.45, 7) is 3.12. The van der Waals surface area contributed by atoms with Crippen LogP contribution in [-0.2, 0) is 0 Å². The number of hydrogen-bond acceptors (Lipinski definition) is 0. The van der Waals surface area contributed by atoms with E-state index in [9.17, 15) is 26.3 Å². The molecule has 1 aliphatic carbocycles. The van der Waals surface area contributed by atoms with Crippen LogP contribution >= 0.6 is 0 Å². The van der Waals surface area contributed by atoms with Crippen molar-refractivity contribution in [1.29, 1.82) is 0 Å². The number of allylic oxidation sites excluding steroid dienone is 5. The molecule has 84 valence electrons. The Hall–Kier alpha value is -1.20. The summed E-state index contributed by atoms with van der Waals surface area (Å²) >= 11 is 0. The molecule has 0 bridgehead atoms. The van der Waals surface area contributed by atoms with Crippen LogP contribution in [0.5, 0.6) is 0 Å². The average molecular weight is 228 g/mol. The Balaban J connectivity index is 3.11. The maximum atomic E-state index is 12.2. The Bertz CT molecular complexity index is 339. The maximum Gasteiger partial charge on any atom is 0.416 e. The molecule has 0 spiro atoms. The Morgan fingerprint density at radius 2 is 1.47 bits per heavy atom. The molecular weight excluding hydrogens is 222 g/mol. The molecule has 0 aromatic rings. The van der Waals surface area contributed by atoms with Gasteiger partial charge in [-0.15, -0.1) is 0 Å². The fourth-order valence-corrected chi connectivity index (χ4v) is 1.14. The van der Waals surface area contributed by atoms with Gasteiger partial charge in [-0.2, -0.15) is 26.3 Å². The zero-order chi connectivity index (χ0) is 11.9. The van der Waals surface area contributed by atoms with Gasteiger partial charge in [0, 0.05) is 12.0 Å². The van der Waals surface area contributed by atoms with Crippen molar-refractivity contribution in [3.8, 4) is 0 Å². The second-order valence-electron chi connectivity index (χ2n) is 3.10. The van der Waals surface area contributed by atoms with Crippen LogP contribution in [0, 0.1) is 0 Å². The molecule has 0 saturated carbocycles. The zero-order valence-electron chi connectivity index (χ0n) is 7.34. The van der Waals surface area contributed by atoms with Crippen molar-refractivity contribution in [2.24, 2.45) is 0 Å². The molecule has 15 heavy (non-hydrogen) atoms. The summed E-state index contributed by atoms with van der Waals surface area (Å²) in [6.07, 6.45) is -9.37. The molecule has 1 aliphatic rings. The highest BCUT2D eigenvalue weighted by atomic mass is 19.4. The lowest BCUT2D eigenvalue weighted by Crippen LogP contribution is -2.19. The molecule has 0 amide bonds. The third-order valence-electron chi connectivity index (χ3n) is 1.80. The molecule has 0 fully saturated rings. The van der Waals surface area contributed by atoms with Crippen LogP contribution in [0.2, 0.25) is 0 Å². The highest BCUT2D eigenvalue weighted by Crippen LogP contribution is 2.39. The van der Waals surface area contributed by atoms with E-state index in [0.29, 0.717) is 6.08 Å². The highest BCUT2D eigenvalue weighted by molar-refractivity contribution is 5.43.